The third kappa shape index (κ3) is 5.38. The van der Waals surface area contributed by atoms with Crippen molar-refractivity contribution in [2.24, 2.45) is 0 Å². The second-order valence-electron chi connectivity index (χ2n) is 5.63. The Kier molecular flexibility index (Phi) is 7.30. The van der Waals surface area contributed by atoms with Gasteiger partial charge in [0.05, 0.1) is 17.8 Å². The van der Waals surface area contributed by atoms with Crippen LogP contribution in [0.25, 0.3) is 0 Å². The molecule has 5 nitrogen and oxygen atoms in total. The van der Waals surface area contributed by atoms with E-state index in [0.717, 1.165) is 6.42 Å². The highest BCUT2D eigenvalue weighted by atomic mass is 35.5. The van der Waals surface area contributed by atoms with Crippen molar-refractivity contribution in [2.75, 3.05) is 25.5 Å². The Hall–Kier alpha value is -2.24. The quantitative estimate of drug-likeness (QED) is 0.752. The maximum atomic E-state index is 12.8. The van der Waals surface area contributed by atoms with Gasteiger partial charge in [0.2, 0.25) is 5.91 Å². The molecule has 0 unspecified atom stereocenters. The number of anilines is 1. The highest BCUT2D eigenvalue weighted by Gasteiger charge is 2.19. The number of benzene rings is 2. The van der Waals surface area contributed by atoms with Gasteiger partial charge in [-0.15, -0.1) is 0 Å². The number of amides is 2. The van der Waals surface area contributed by atoms with Gasteiger partial charge in [0.25, 0.3) is 5.91 Å². The van der Waals surface area contributed by atoms with Gasteiger partial charge in [-0.2, -0.15) is 0 Å². The molecule has 0 saturated heterocycles. The van der Waals surface area contributed by atoms with Crippen LogP contribution in [-0.2, 0) is 4.79 Å². The first kappa shape index (κ1) is 20.1. The van der Waals surface area contributed by atoms with Crippen LogP contribution in [0.2, 0.25) is 10.0 Å². The van der Waals surface area contributed by atoms with Crippen LogP contribution in [0.1, 0.15) is 23.7 Å². The van der Waals surface area contributed by atoms with Crippen LogP contribution in [0.5, 0.6) is 5.75 Å². The first-order chi connectivity index (χ1) is 12.4. The van der Waals surface area contributed by atoms with Gasteiger partial charge in [0.15, 0.2) is 0 Å². The van der Waals surface area contributed by atoms with Crippen LogP contribution in [0, 0.1) is 0 Å². The first-order valence-corrected chi connectivity index (χ1v) is 8.88. The van der Waals surface area contributed by atoms with Crippen molar-refractivity contribution < 1.29 is 14.3 Å². The maximum absolute atomic E-state index is 12.8. The van der Waals surface area contributed by atoms with Gasteiger partial charge in [-0.3, -0.25) is 9.59 Å². The molecule has 0 heterocycles. The fourth-order valence-corrected chi connectivity index (χ4v) is 2.75. The van der Waals surface area contributed by atoms with Crippen LogP contribution >= 0.6 is 23.2 Å². The zero-order valence-electron chi connectivity index (χ0n) is 14.6. The van der Waals surface area contributed by atoms with E-state index in [1.165, 1.54) is 12.0 Å². The summed E-state index contributed by atoms with van der Waals surface area (Å²) in [6.07, 6.45) is 0.723. The van der Waals surface area contributed by atoms with Gasteiger partial charge in [-0.05, 0) is 42.8 Å². The fourth-order valence-electron chi connectivity index (χ4n) is 2.42. The Morgan fingerprint density at radius 1 is 1.15 bits per heavy atom. The Bertz CT molecular complexity index is 796. The molecule has 0 aliphatic rings. The van der Waals surface area contributed by atoms with E-state index in [9.17, 15) is 9.59 Å². The molecule has 2 amide bonds. The zero-order valence-corrected chi connectivity index (χ0v) is 16.1. The second kappa shape index (κ2) is 9.46. The molecular formula is C19H20Cl2N2O3. The largest absolute Gasteiger partial charge is 0.497 e. The molecule has 0 spiro atoms. The summed E-state index contributed by atoms with van der Waals surface area (Å²) >= 11 is 12.0. The van der Waals surface area contributed by atoms with Crippen molar-refractivity contribution in [3.8, 4) is 5.75 Å². The average Bonchev–Trinajstić information content (AvgIpc) is 2.63. The maximum Gasteiger partial charge on any atom is 0.254 e. The fraction of sp³-hybridized carbons (Fsp3) is 0.263. The van der Waals surface area contributed by atoms with Crippen LogP contribution in [-0.4, -0.2) is 36.9 Å². The summed E-state index contributed by atoms with van der Waals surface area (Å²) in [5.74, 6) is -0.000543. The zero-order chi connectivity index (χ0) is 19.1. The van der Waals surface area contributed by atoms with Crippen molar-refractivity contribution in [3.63, 3.8) is 0 Å². The lowest BCUT2D eigenvalue weighted by molar-refractivity contribution is -0.116. The molecule has 138 valence electrons. The lowest BCUT2D eigenvalue weighted by atomic mass is 10.2. The SMILES string of the molecule is CCCN(CC(=O)Nc1cc(Cl)ccc1Cl)C(=O)c1cccc(OC)c1. The second-order valence-corrected chi connectivity index (χ2v) is 6.47. The molecule has 0 bridgehead atoms. The van der Waals surface area contributed by atoms with E-state index in [1.807, 2.05) is 6.92 Å². The lowest BCUT2D eigenvalue weighted by Gasteiger charge is -2.22. The Morgan fingerprint density at radius 2 is 1.92 bits per heavy atom. The van der Waals surface area contributed by atoms with Crippen molar-refractivity contribution in [1.82, 2.24) is 4.90 Å². The third-order valence-electron chi connectivity index (χ3n) is 3.63. The minimum Gasteiger partial charge on any atom is -0.497 e. The molecular weight excluding hydrogens is 375 g/mol. The molecule has 0 atom stereocenters. The molecule has 0 fully saturated rings. The molecule has 0 aliphatic heterocycles. The number of ether oxygens (including phenoxy) is 1. The lowest BCUT2D eigenvalue weighted by Crippen LogP contribution is -2.38. The molecule has 0 radical (unpaired) electrons. The molecule has 0 aliphatic carbocycles. The summed E-state index contributed by atoms with van der Waals surface area (Å²) in [5, 5.41) is 3.53. The van der Waals surface area contributed by atoms with Gasteiger partial charge in [0, 0.05) is 17.1 Å². The number of rotatable bonds is 7. The Balaban J connectivity index is 2.12. The van der Waals surface area contributed by atoms with E-state index in [-0.39, 0.29) is 18.4 Å². The first-order valence-electron chi connectivity index (χ1n) is 8.12. The van der Waals surface area contributed by atoms with Crippen molar-refractivity contribution in [1.29, 1.82) is 0 Å². The Morgan fingerprint density at radius 3 is 2.62 bits per heavy atom. The van der Waals surface area contributed by atoms with Gasteiger partial charge in [-0.25, -0.2) is 0 Å². The van der Waals surface area contributed by atoms with E-state index in [2.05, 4.69) is 5.32 Å². The number of carbonyl (C=O) groups is 2. The Labute approximate surface area is 162 Å². The highest BCUT2D eigenvalue weighted by molar-refractivity contribution is 6.35. The number of nitrogens with one attached hydrogen (secondary N) is 1. The molecule has 2 rings (SSSR count). The number of halogens is 2. The van der Waals surface area contributed by atoms with E-state index in [1.54, 1.807) is 42.5 Å². The molecule has 2 aromatic rings. The van der Waals surface area contributed by atoms with E-state index in [0.29, 0.717) is 33.6 Å². The van der Waals surface area contributed by atoms with E-state index < -0.39 is 0 Å². The van der Waals surface area contributed by atoms with Crippen LogP contribution in [0.15, 0.2) is 42.5 Å². The summed E-state index contributed by atoms with van der Waals surface area (Å²) in [5.41, 5.74) is 0.876. The van der Waals surface area contributed by atoms with Crippen molar-refractivity contribution in [2.45, 2.75) is 13.3 Å². The van der Waals surface area contributed by atoms with E-state index in [4.69, 9.17) is 27.9 Å². The predicted octanol–water partition coefficient (Wildman–Crippen LogP) is 4.49. The van der Waals surface area contributed by atoms with Crippen LogP contribution in [0.3, 0.4) is 0 Å². The summed E-state index contributed by atoms with van der Waals surface area (Å²) in [6, 6.07) is 11.6. The molecule has 26 heavy (non-hydrogen) atoms. The number of hydrogen-bond acceptors (Lipinski definition) is 3. The average molecular weight is 395 g/mol. The molecule has 2 aromatic carbocycles. The third-order valence-corrected chi connectivity index (χ3v) is 4.20. The number of methoxy groups -OCH3 is 1. The normalized spacial score (nSPS) is 10.3. The van der Waals surface area contributed by atoms with Gasteiger partial charge < -0.3 is 15.0 Å². The predicted molar refractivity (Wildman–Crippen MR) is 104 cm³/mol. The number of hydrogen-bond donors (Lipinski definition) is 1. The smallest absolute Gasteiger partial charge is 0.254 e. The molecule has 0 aromatic heterocycles. The topological polar surface area (TPSA) is 58.6 Å². The van der Waals surface area contributed by atoms with Gasteiger partial charge in [0.1, 0.15) is 12.3 Å². The molecule has 7 heteroatoms. The van der Waals surface area contributed by atoms with Crippen molar-refractivity contribution in [3.05, 3.63) is 58.1 Å². The van der Waals surface area contributed by atoms with Gasteiger partial charge >= 0.3 is 0 Å². The van der Waals surface area contributed by atoms with E-state index >= 15 is 0 Å². The minimum atomic E-state index is -0.348. The van der Waals surface area contributed by atoms with Crippen LogP contribution < -0.4 is 10.1 Å². The monoisotopic (exact) mass is 394 g/mol. The van der Waals surface area contributed by atoms with Gasteiger partial charge in [-0.1, -0.05) is 36.2 Å². The molecule has 1 N–H and O–H groups in total. The summed E-state index contributed by atoms with van der Waals surface area (Å²) < 4.78 is 5.15. The van der Waals surface area contributed by atoms with Crippen LogP contribution in [0.4, 0.5) is 5.69 Å². The summed E-state index contributed by atoms with van der Waals surface area (Å²) in [4.78, 5) is 26.6. The number of nitrogens with zero attached hydrogens (tertiary/aromatic N) is 1. The standard InChI is InChI=1S/C19H20Cl2N2O3/c1-3-9-23(19(25)13-5-4-6-15(10-13)26-2)12-18(24)22-17-11-14(20)7-8-16(17)21/h4-8,10-11H,3,9,12H2,1-2H3,(H,22,24). The van der Waals surface area contributed by atoms with Crippen molar-refractivity contribution >= 4 is 40.7 Å². The number of carbonyl (C=O) groups excluding carboxylic acids is 2. The minimum absolute atomic E-state index is 0.0906. The molecule has 0 saturated carbocycles. The highest BCUT2D eigenvalue weighted by Crippen LogP contribution is 2.25. The summed E-state index contributed by atoms with van der Waals surface area (Å²) in [7, 11) is 1.54. The summed E-state index contributed by atoms with van der Waals surface area (Å²) in [6.45, 7) is 2.30.